The maximum absolute atomic E-state index is 9.40. The summed E-state index contributed by atoms with van der Waals surface area (Å²) in [5.41, 5.74) is 3.11. The van der Waals surface area contributed by atoms with E-state index in [1.807, 2.05) is 36.4 Å². The molecule has 0 radical (unpaired) electrons. The van der Waals surface area contributed by atoms with Crippen LogP contribution in [0, 0.1) is 0 Å². The smallest absolute Gasteiger partial charge is 0.159 e. The van der Waals surface area contributed by atoms with E-state index in [1.165, 1.54) is 32.1 Å². The molecule has 28 heavy (non-hydrogen) atoms. The molecule has 3 aromatic rings. The maximum atomic E-state index is 9.40. The summed E-state index contributed by atoms with van der Waals surface area (Å²) in [4.78, 5) is 8.87. The van der Waals surface area contributed by atoms with Gasteiger partial charge in [0.1, 0.15) is 5.75 Å². The molecule has 0 aliphatic carbocycles. The van der Waals surface area contributed by atoms with Crippen LogP contribution < -0.4 is 4.74 Å². The number of rotatable bonds is 10. The average molecular weight is 377 g/mol. The van der Waals surface area contributed by atoms with Crippen LogP contribution >= 0.6 is 0 Å². The lowest BCUT2D eigenvalue weighted by molar-refractivity contribution is 0.302. The maximum Gasteiger partial charge on any atom is 0.159 e. The van der Waals surface area contributed by atoms with E-state index in [2.05, 4.69) is 16.9 Å². The van der Waals surface area contributed by atoms with Gasteiger partial charge in [-0.15, -0.1) is 0 Å². The summed E-state index contributed by atoms with van der Waals surface area (Å²) >= 11 is 0. The molecule has 0 saturated carbocycles. The summed E-state index contributed by atoms with van der Waals surface area (Å²) in [5, 5.41) is 9.40. The van der Waals surface area contributed by atoms with E-state index >= 15 is 0 Å². The first kappa shape index (κ1) is 19.9. The Hall–Kier alpha value is -2.88. The zero-order chi connectivity index (χ0) is 19.6. The summed E-state index contributed by atoms with van der Waals surface area (Å²) in [6.07, 6.45) is 11.0. The average Bonchev–Trinajstić information content (AvgIpc) is 2.74. The van der Waals surface area contributed by atoms with Crippen molar-refractivity contribution < 1.29 is 9.84 Å². The number of phenolic OH excluding ortho intramolecular Hbond substituents is 1. The van der Waals surface area contributed by atoms with E-state index in [4.69, 9.17) is 4.74 Å². The lowest BCUT2D eigenvalue weighted by Crippen LogP contribution is -1.99. The van der Waals surface area contributed by atoms with Crippen molar-refractivity contribution in [2.24, 2.45) is 0 Å². The van der Waals surface area contributed by atoms with Crippen LogP contribution in [0.1, 0.15) is 45.4 Å². The van der Waals surface area contributed by atoms with Gasteiger partial charge in [-0.05, 0) is 29.7 Å². The van der Waals surface area contributed by atoms with Crippen molar-refractivity contribution in [2.45, 2.75) is 45.4 Å². The van der Waals surface area contributed by atoms with Crippen LogP contribution in [-0.4, -0.2) is 21.7 Å². The zero-order valence-electron chi connectivity index (χ0n) is 16.5. The topological polar surface area (TPSA) is 55.2 Å². The van der Waals surface area contributed by atoms with E-state index in [1.54, 1.807) is 24.5 Å². The molecule has 0 atom stereocenters. The SMILES string of the molecule is CCCCCCCCOc1cnc(-c2ccc(-c3ccc(O)cc3)cc2)nc1. The van der Waals surface area contributed by atoms with Crippen LogP contribution in [0.2, 0.25) is 0 Å². The largest absolute Gasteiger partial charge is 0.508 e. The van der Waals surface area contributed by atoms with Gasteiger partial charge in [-0.25, -0.2) is 9.97 Å². The Kier molecular flexibility index (Phi) is 7.42. The van der Waals surface area contributed by atoms with Crippen molar-refractivity contribution in [1.29, 1.82) is 0 Å². The number of aromatic hydroxyl groups is 1. The summed E-state index contributed by atoms with van der Waals surface area (Å²) in [5.74, 6) is 1.68. The lowest BCUT2D eigenvalue weighted by Gasteiger charge is -2.07. The van der Waals surface area contributed by atoms with Crippen LogP contribution in [0.5, 0.6) is 11.5 Å². The van der Waals surface area contributed by atoms with Gasteiger partial charge in [0, 0.05) is 5.56 Å². The van der Waals surface area contributed by atoms with Crippen molar-refractivity contribution in [3.05, 3.63) is 60.9 Å². The molecule has 0 bridgehead atoms. The Morgan fingerprint density at radius 2 is 1.25 bits per heavy atom. The van der Waals surface area contributed by atoms with Crippen LogP contribution in [0.25, 0.3) is 22.5 Å². The van der Waals surface area contributed by atoms with E-state index < -0.39 is 0 Å². The second kappa shape index (κ2) is 10.5. The third-order valence-electron chi connectivity index (χ3n) is 4.74. The Morgan fingerprint density at radius 3 is 1.89 bits per heavy atom. The van der Waals surface area contributed by atoms with Gasteiger partial charge in [-0.3, -0.25) is 0 Å². The molecular weight excluding hydrogens is 348 g/mol. The van der Waals surface area contributed by atoms with E-state index in [9.17, 15) is 5.11 Å². The first-order chi connectivity index (χ1) is 13.8. The predicted octanol–water partition coefficient (Wildman–Crippen LogP) is 6.26. The summed E-state index contributed by atoms with van der Waals surface area (Å²) in [6, 6.07) is 15.3. The number of hydrogen-bond acceptors (Lipinski definition) is 4. The van der Waals surface area contributed by atoms with E-state index in [0.717, 1.165) is 35.5 Å². The molecular formula is C24H28N2O2. The van der Waals surface area contributed by atoms with Crippen molar-refractivity contribution in [1.82, 2.24) is 9.97 Å². The Bertz CT molecular complexity index is 828. The van der Waals surface area contributed by atoms with Crippen LogP contribution in [-0.2, 0) is 0 Å². The Morgan fingerprint density at radius 1 is 0.714 bits per heavy atom. The highest BCUT2D eigenvalue weighted by Crippen LogP contribution is 2.25. The molecule has 0 aliphatic heterocycles. The van der Waals surface area contributed by atoms with Gasteiger partial charge in [0.25, 0.3) is 0 Å². The number of hydrogen-bond donors (Lipinski definition) is 1. The highest BCUT2D eigenvalue weighted by atomic mass is 16.5. The molecule has 0 saturated heterocycles. The molecule has 2 aromatic carbocycles. The molecule has 1 aromatic heterocycles. The standard InChI is InChI=1S/C24H28N2O2/c1-2-3-4-5-6-7-16-28-23-17-25-24(26-18-23)21-10-8-19(9-11-21)20-12-14-22(27)15-13-20/h8-15,17-18,27H,2-7,16H2,1H3. The van der Waals surface area contributed by atoms with Gasteiger partial charge in [0.05, 0.1) is 19.0 Å². The summed E-state index contributed by atoms with van der Waals surface area (Å²) < 4.78 is 5.74. The Labute approximate surface area is 167 Å². The highest BCUT2D eigenvalue weighted by molar-refractivity contribution is 5.68. The Balaban J connectivity index is 1.51. The minimum absolute atomic E-state index is 0.271. The van der Waals surface area contributed by atoms with Gasteiger partial charge in [0.15, 0.2) is 11.6 Å². The van der Waals surface area contributed by atoms with E-state index in [0.29, 0.717) is 5.82 Å². The first-order valence-corrected chi connectivity index (χ1v) is 10.1. The fraction of sp³-hybridized carbons (Fsp3) is 0.333. The number of benzene rings is 2. The fourth-order valence-electron chi connectivity index (χ4n) is 3.08. The number of unbranched alkanes of at least 4 members (excludes halogenated alkanes) is 5. The second-order valence-electron chi connectivity index (χ2n) is 6.98. The van der Waals surface area contributed by atoms with Gasteiger partial charge in [0.2, 0.25) is 0 Å². The zero-order valence-corrected chi connectivity index (χ0v) is 16.5. The van der Waals surface area contributed by atoms with Crippen molar-refractivity contribution in [2.75, 3.05) is 6.61 Å². The molecule has 3 rings (SSSR count). The van der Waals surface area contributed by atoms with Gasteiger partial charge < -0.3 is 9.84 Å². The molecule has 0 amide bonds. The predicted molar refractivity (Wildman–Crippen MR) is 113 cm³/mol. The molecule has 4 heteroatoms. The lowest BCUT2D eigenvalue weighted by atomic mass is 10.0. The van der Waals surface area contributed by atoms with Crippen LogP contribution in [0.15, 0.2) is 60.9 Å². The molecule has 1 N–H and O–H groups in total. The minimum Gasteiger partial charge on any atom is -0.508 e. The van der Waals surface area contributed by atoms with Gasteiger partial charge >= 0.3 is 0 Å². The van der Waals surface area contributed by atoms with Crippen molar-refractivity contribution >= 4 is 0 Å². The third-order valence-corrected chi connectivity index (χ3v) is 4.74. The fourth-order valence-corrected chi connectivity index (χ4v) is 3.08. The summed E-state index contributed by atoms with van der Waals surface area (Å²) in [6.45, 7) is 2.95. The molecule has 0 unspecified atom stereocenters. The number of phenols is 1. The number of nitrogens with zero attached hydrogens (tertiary/aromatic N) is 2. The van der Waals surface area contributed by atoms with Crippen LogP contribution in [0.4, 0.5) is 0 Å². The highest BCUT2D eigenvalue weighted by Gasteiger charge is 2.04. The molecule has 4 nitrogen and oxygen atoms in total. The monoisotopic (exact) mass is 376 g/mol. The van der Waals surface area contributed by atoms with E-state index in [-0.39, 0.29) is 5.75 Å². The molecule has 0 fully saturated rings. The van der Waals surface area contributed by atoms with Crippen LogP contribution in [0.3, 0.4) is 0 Å². The molecule has 0 aliphatic rings. The molecule has 146 valence electrons. The number of ether oxygens (including phenoxy) is 1. The quantitative estimate of drug-likeness (QED) is 0.425. The van der Waals surface area contributed by atoms with Crippen molar-refractivity contribution in [3.63, 3.8) is 0 Å². The molecule has 0 spiro atoms. The minimum atomic E-state index is 0.271. The molecule has 1 heterocycles. The van der Waals surface area contributed by atoms with Gasteiger partial charge in [-0.2, -0.15) is 0 Å². The second-order valence-corrected chi connectivity index (χ2v) is 6.98. The summed E-state index contributed by atoms with van der Waals surface area (Å²) in [7, 11) is 0. The van der Waals surface area contributed by atoms with Crippen molar-refractivity contribution in [3.8, 4) is 34.0 Å². The normalized spacial score (nSPS) is 10.8. The number of aromatic nitrogens is 2. The van der Waals surface area contributed by atoms with Gasteiger partial charge in [-0.1, -0.05) is 75.4 Å². The third kappa shape index (κ3) is 5.81. The first-order valence-electron chi connectivity index (χ1n) is 10.1.